The van der Waals surface area contributed by atoms with Crippen LogP contribution in [0.15, 0.2) is 54.9 Å². The molecule has 0 N–H and O–H groups in total. The number of rotatable bonds is 5. The molecule has 28 heavy (non-hydrogen) atoms. The van der Waals surface area contributed by atoms with Crippen LogP contribution in [-0.4, -0.2) is 63.6 Å². The zero-order chi connectivity index (χ0) is 19.3. The van der Waals surface area contributed by atoms with Crippen LogP contribution in [0.5, 0.6) is 5.75 Å². The van der Waals surface area contributed by atoms with Crippen LogP contribution in [0.3, 0.4) is 0 Å². The van der Waals surface area contributed by atoms with E-state index in [9.17, 15) is 4.79 Å². The Morgan fingerprint density at radius 3 is 2.50 bits per heavy atom. The maximum Gasteiger partial charge on any atom is 0.260 e. The van der Waals surface area contributed by atoms with E-state index in [0.29, 0.717) is 32.0 Å². The first-order valence-corrected chi connectivity index (χ1v) is 9.25. The number of amides is 1. The second kappa shape index (κ2) is 8.08. The standard InChI is InChI=1S/C20H22N6O2/c1-16-4-2-5-17(14-16)28-15-20(27)25-12-10-24(11-13-25)18-6-7-19(23-22-18)26-9-3-8-21-26/h2-9,14H,10-13,15H2,1H3. The molecule has 144 valence electrons. The smallest absolute Gasteiger partial charge is 0.260 e. The van der Waals surface area contributed by atoms with Crippen LogP contribution in [0.25, 0.3) is 5.82 Å². The largest absolute Gasteiger partial charge is 0.484 e. The average Bonchev–Trinajstić information content (AvgIpc) is 3.27. The van der Waals surface area contributed by atoms with Gasteiger partial charge >= 0.3 is 0 Å². The van der Waals surface area contributed by atoms with Gasteiger partial charge in [-0.25, -0.2) is 4.68 Å². The zero-order valence-corrected chi connectivity index (χ0v) is 15.7. The fourth-order valence-corrected chi connectivity index (χ4v) is 3.14. The number of nitrogens with zero attached hydrogens (tertiary/aromatic N) is 6. The number of hydrogen-bond acceptors (Lipinski definition) is 6. The molecule has 0 atom stereocenters. The molecule has 1 aromatic carbocycles. The molecule has 1 aliphatic rings. The summed E-state index contributed by atoms with van der Waals surface area (Å²) < 4.78 is 7.29. The second-order valence-corrected chi connectivity index (χ2v) is 6.67. The third-order valence-corrected chi connectivity index (χ3v) is 4.68. The Balaban J connectivity index is 1.28. The number of aryl methyl sites for hydroxylation is 1. The highest BCUT2D eigenvalue weighted by atomic mass is 16.5. The van der Waals surface area contributed by atoms with E-state index in [-0.39, 0.29) is 12.5 Å². The number of hydrogen-bond donors (Lipinski definition) is 0. The van der Waals surface area contributed by atoms with Gasteiger partial charge in [-0.1, -0.05) is 12.1 Å². The third kappa shape index (κ3) is 4.11. The summed E-state index contributed by atoms with van der Waals surface area (Å²) >= 11 is 0. The van der Waals surface area contributed by atoms with Gasteiger partial charge in [0, 0.05) is 38.6 Å². The fourth-order valence-electron chi connectivity index (χ4n) is 3.14. The molecule has 3 heterocycles. The quantitative estimate of drug-likeness (QED) is 0.673. The van der Waals surface area contributed by atoms with Gasteiger partial charge in [0.1, 0.15) is 5.75 Å². The minimum atomic E-state index is 0.00118. The first kappa shape index (κ1) is 18.0. The van der Waals surface area contributed by atoms with Crippen molar-refractivity contribution in [2.45, 2.75) is 6.92 Å². The molecule has 0 spiro atoms. The van der Waals surface area contributed by atoms with Crippen molar-refractivity contribution < 1.29 is 9.53 Å². The van der Waals surface area contributed by atoms with Crippen LogP contribution >= 0.6 is 0 Å². The summed E-state index contributed by atoms with van der Waals surface area (Å²) in [5, 5.41) is 12.7. The minimum absolute atomic E-state index is 0.00118. The Bertz CT molecular complexity index is 918. The number of ether oxygens (including phenoxy) is 1. The molecule has 1 fully saturated rings. The topological polar surface area (TPSA) is 76.4 Å². The van der Waals surface area contributed by atoms with Crippen molar-refractivity contribution in [3.05, 3.63) is 60.4 Å². The van der Waals surface area contributed by atoms with E-state index >= 15 is 0 Å². The summed E-state index contributed by atoms with van der Waals surface area (Å²) in [6, 6.07) is 13.4. The van der Waals surface area contributed by atoms with Gasteiger partial charge in [-0.05, 0) is 42.8 Å². The lowest BCUT2D eigenvalue weighted by Gasteiger charge is -2.35. The van der Waals surface area contributed by atoms with Gasteiger partial charge in [-0.15, -0.1) is 10.2 Å². The van der Waals surface area contributed by atoms with Gasteiger partial charge in [-0.2, -0.15) is 5.10 Å². The van der Waals surface area contributed by atoms with Crippen molar-refractivity contribution in [3.63, 3.8) is 0 Å². The Kier molecular flexibility index (Phi) is 5.18. The molecule has 8 heteroatoms. The van der Waals surface area contributed by atoms with Crippen LogP contribution in [0.1, 0.15) is 5.56 Å². The molecule has 1 amide bonds. The van der Waals surface area contributed by atoms with E-state index in [1.54, 1.807) is 10.9 Å². The number of carbonyl (C=O) groups is 1. The fraction of sp³-hybridized carbons (Fsp3) is 0.300. The van der Waals surface area contributed by atoms with E-state index in [2.05, 4.69) is 20.2 Å². The highest BCUT2D eigenvalue weighted by Crippen LogP contribution is 2.15. The van der Waals surface area contributed by atoms with Gasteiger partial charge < -0.3 is 14.5 Å². The molecule has 0 radical (unpaired) electrons. The number of carbonyl (C=O) groups excluding carboxylic acids is 1. The van der Waals surface area contributed by atoms with Crippen LogP contribution in [0.4, 0.5) is 5.82 Å². The molecule has 0 bridgehead atoms. The highest BCUT2D eigenvalue weighted by Gasteiger charge is 2.22. The molecule has 0 saturated carbocycles. The van der Waals surface area contributed by atoms with Crippen molar-refractivity contribution in [2.24, 2.45) is 0 Å². The first-order valence-electron chi connectivity index (χ1n) is 9.25. The van der Waals surface area contributed by atoms with Crippen molar-refractivity contribution in [3.8, 4) is 11.6 Å². The second-order valence-electron chi connectivity index (χ2n) is 6.67. The predicted octanol–water partition coefficient (Wildman–Crippen LogP) is 1.70. The van der Waals surface area contributed by atoms with Crippen molar-refractivity contribution >= 4 is 11.7 Å². The molecular weight excluding hydrogens is 356 g/mol. The average molecular weight is 378 g/mol. The molecule has 1 saturated heterocycles. The van der Waals surface area contributed by atoms with E-state index < -0.39 is 0 Å². The number of aromatic nitrogens is 4. The maximum atomic E-state index is 12.4. The van der Waals surface area contributed by atoms with E-state index in [4.69, 9.17) is 4.74 Å². The molecule has 1 aliphatic heterocycles. The Morgan fingerprint density at radius 1 is 1.04 bits per heavy atom. The monoisotopic (exact) mass is 378 g/mol. The summed E-state index contributed by atoms with van der Waals surface area (Å²) in [6.07, 6.45) is 3.53. The van der Waals surface area contributed by atoms with Crippen LogP contribution in [0.2, 0.25) is 0 Å². The summed E-state index contributed by atoms with van der Waals surface area (Å²) in [6.45, 7) is 4.76. The lowest BCUT2D eigenvalue weighted by atomic mass is 10.2. The molecular formula is C20H22N6O2. The summed E-state index contributed by atoms with van der Waals surface area (Å²) in [4.78, 5) is 16.4. The number of piperazine rings is 1. The van der Waals surface area contributed by atoms with Gasteiger partial charge in [0.05, 0.1) is 0 Å². The van der Waals surface area contributed by atoms with Gasteiger partial charge in [0.25, 0.3) is 5.91 Å². The summed E-state index contributed by atoms with van der Waals surface area (Å²) in [7, 11) is 0. The summed E-state index contributed by atoms with van der Waals surface area (Å²) in [5.74, 6) is 2.20. The van der Waals surface area contributed by atoms with Crippen LogP contribution in [0, 0.1) is 6.92 Å². The Hall–Kier alpha value is -3.42. The predicted molar refractivity (Wildman–Crippen MR) is 105 cm³/mol. The number of benzene rings is 1. The highest BCUT2D eigenvalue weighted by molar-refractivity contribution is 5.78. The first-order chi connectivity index (χ1) is 13.7. The maximum absolute atomic E-state index is 12.4. The van der Waals surface area contributed by atoms with Crippen LogP contribution < -0.4 is 9.64 Å². The number of anilines is 1. The lowest BCUT2D eigenvalue weighted by Crippen LogP contribution is -2.50. The minimum Gasteiger partial charge on any atom is -0.484 e. The van der Waals surface area contributed by atoms with E-state index in [0.717, 1.165) is 17.1 Å². The third-order valence-electron chi connectivity index (χ3n) is 4.68. The van der Waals surface area contributed by atoms with Crippen molar-refractivity contribution in [2.75, 3.05) is 37.7 Å². The SMILES string of the molecule is Cc1cccc(OCC(=O)N2CCN(c3ccc(-n4cccn4)nn3)CC2)c1. The van der Waals surface area contributed by atoms with Gasteiger partial charge in [0.15, 0.2) is 18.2 Å². The van der Waals surface area contributed by atoms with Crippen molar-refractivity contribution in [1.82, 2.24) is 24.9 Å². The zero-order valence-electron chi connectivity index (χ0n) is 15.7. The van der Waals surface area contributed by atoms with E-state index in [1.165, 1.54) is 0 Å². The molecule has 4 rings (SSSR count). The molecule has 3 aromatic rings. The van der Waals surface area contributed by atoms with Gasteiger partial charge in [0.2, 0.25) is 0 Å². The lowest BCUT2D eigenvalue weighted by molar-refractivity contribution is -0.133. The Morgan fingerprint density at radius 2 is 1.82 bits per heavy atom. The molecule has 0 aliphatic carbocycles. The normalized spacial score (nSPS) is 14.2. The molecule has 0 unspecified atom stereocenters. The molecule has 8 nitrogen and oxygen atoms in total. The summed E-state index contributed by atoms with van der Waals surface area (Å²) in [5.41, 5.74) is 1.11. The molecule has 2 aromatic heterocycles. The van der Waals surface area contributed by atoms with E-state index in [1.807, 2.05) is 60.5 Å². The van der Waals surface area contributed by atoms with Crippen molar-refractivity contribution in [1.29, 1.82) is 0 Å². The van der Waals surface area contributed by atoms with Gasteiger partial charge in [-0.3, -0.25) is 4.79 Å². The van der Waals surface area contributed by atoms with Crippen LogP contribution in [-0.2, 0) is 4.79 Å². The Labute approximate surface area is 163 Å².